The van der Waals surface area contributed by atoms with Crippen molar-refractivity contribution in [3.05, 3.63) is 222 Å². The maximum atomic E-state index is 6.76. The summed E-state index contributed by atoms with van der Waals surface area (Å²) >= 11 is 0. The van der Waals surface area contributed by atoms with Gasteiger partial charge in [0.05, 0.1) is 33.0 Å². The van der Waals surface area contributed by atoms with Gasteiger partial charge in [-0.2, -0.15) is 10.2 Å². The van der Waals surface area contributed by atoms with Gasteiger partial charge in [-0.1, -0.05) is 127 Å². The third-order valence-corrected chi connectivity index (χ3v) is 11.9. The van der Waals surface area contributed by atoms with Crippen LogP contribution in [-0.2, 0) is 0 Å². The van der Waals surface area contributed by atoms with Crippen LogP contribution in [0.3, 0.4) is 0 Å². The minimum absolute atomic E-state index is 0.691. The summed E-state index contributed by atoms with van der Waals surface area (Å²) < 4.78 is 8.72. The van der Waals surface area contributed by atoms with E-state index in [2.05, 4.69) is 162 Å². The molecule has 0 aliphatic carbocycles. The van der Waals surface area contributed by atoms with Crippen molar-refractivity contribution in [3.63, 3.8) is 0 Å². The molecule has 3 heterocycles. The van der Waals surface area contributed by atoms with Crippen LogP contribution in [0.2, 0.25) is 0 Å². The molecule has 9 aromatic carbocycles. The van der Waals surface area contributed by atoms with Gasteiger partial charge >= 0.3 is 0 Å². The van der Waals surface area contributed by atoms with Gasteiger partial charge in [-0.15, -0.1) is 0 Å². The second-order valence-corrected chi connectivity index (χ2v) is 15.6. The molecule has 2 aliphatic heterocycles. The number of ether oxygens (including phenoxy) is 1. The van der Waals surface area contributed by atoms with E-state index in [4.69, 9.17) is 15.6 Å². The largest absolute Gasteiger partial charge is 0.456 e. The Kier molecular flexibility index (Phi) is 7.90. The summed E-state index contributed by atoms with van der Waals surface area (Å²) in [7, 11) is 0. The Balaban J connectivity index is 1.02. The van der Waals surface area contributed by atoms with E-state index in [1.165, 1.54) is 33.0 Å². The normalized spacial score (nSPS) is 12.7. The lowest BCUT2D eigenvalue weighted by Crippen LogP contribution is -2.48. The van der Waals surface area contributed by atoms with E-state index in [1.54, 1.807) is 0 Å². The van der Waals surface area contributed by atoms with Gasteiger partial charge in [-0.3, -0.25) is 5.43 Å². The zero-order valence-electron chi connectivity index (χ0n) is 33.0. The Morgan fingerprint density at radius 1 is 0.443 bits per heavy atom. The number of rotatable bonds is 6. The number of benzene rings is 9. The van der Waals surface area contributed by atoms with Crippen LogP contribution in [0.4, 0.5) is 11.4 Å². The fraction of sp³-hybridized carbons (Fsp3) is 0. The van der Waals surface area contributed by atoms with Crippen LogP contribution < -0.4 is 31.6 Å². The lowest BCUT2D eigenvalue weighted by molar-refractivity contribution is 0.466. The summed E-state index contributed by atoms with van der Waals surface area (Å²) in [6, 6.07) is 72.4. The molecule has 3 N–H and O–H groups in total. The molecule has 0 amide bonds. The minimum atomic E-state index is 0.691. The van der Waals surface area contributed by atoms with Gasteiger partial charge in [0.15, 0.2) is 0 Å². The highest BCUT2D eigenvalue weighted by Gasteiger charge is 2.26. The fourth-order valence-electron chi connectivity index (χ4n) is 9.05. The van der Waals surface area contributed by atoms with Gasteiger partial charge in [0.1, 0.15) is 11.5 Å². The number of nitrogens with zero attached hydrogens (tertiary/aromatic N) is 3. The highest BCUT2D eigenvalue weighted by molar-refractivity contribution is 6.11. The smallest absolute Gasteiger partial charge is 0.139 e. The fourth-order valence-corrected chi connectivity index (χ4v) is 9.05. The van der Waals surface area contributed by atoms with Gasteiger partial charge in [0, 0.05) is 38.8 Å². The number of nitrogens with one attached hydrogen (secondary N) is 1. The highest BCUT2D eigenvalue weighted by atomic mass is 16.5. The monoisotopic (exact) mass is 783 g/mol. The Morgan fingerprint density at radius 2 is 1.08 bits per heavy atom. The standard InChI is InChI=1S/C55H37N5O/c56-47-21-10-7-18-42(47)45-33-38(27-29-51(45)60-57-48-22-13-25-53-54(48)55(58-60)44-20-9-12-24-52(44)61-53)37-26-28-50-46(34-37)43-19-8-11-23-49(43)59(50)41-31-39(35-14-3-1-4-15-35)30-40(32-41)36-16-5-2-6-17-36/h1-34,58H,56H2. The molecule has 0 saturated heterocycles. The van der Waals surface area contributed by atoms with Crippen LogP contribution in [-0.4, -0.2) is 4.57 Å². The number of para-hydroxylation sites is 3. The van der Waals surface area contributed by atoms with Gasteiger partial charge in [-0.25, -0.2) is 0 Å². The van der Waals surface area contributed by atoms with Gasteiger partial charge < -0.3 is 15.0 Å². The van der Waals surface area contributed by atoms with Gasteiger partial charge in [0.25, 0.3) is 0 Å². The van der Waals surface area contributed by atoms with Crippen LogP contribution in [0.5, 0.6) is 11.5 Å². The zero-order chi connectivity index (χ0) is 40.4. The second kappa shape index (κ2) is 13.9. The number of nitrogen functional groups attached to an aromatic ring is 1. The lowest BCUT2D eigenvalue weighted by Gasteiger charge is -2.31. The Labute approximate surface area is 352 Å². The van der Waals surface area contributed by atoms with Crippen molar-refractivity contribution >= 4 is 38.9 Å². The first-order valence-electron chi connectivity index (χ1n) is 20.5. The van der Waals surface area contributed by atoms with Gasteiger partial charge in [0.2, 0.25) is 0 Å². The SMILES string of the molecule is Nc1ccccc1-c1cc(-c2ccc3c(c2)c2ccccc2n3-c2cc(-c3ccccc3)cc(-c3ccccc3)c2)ccc1N1N=c2cccc3c2=C(N1)c1ccccc1O3. The molecule has 288 valence electrons. The molecule has 0 saturated carbocycles. The average molecular weight is 784 g/mol. The van der Waals surface area contributed by atoms with Crippen molar-refractivity contribution in [3.8, 4) is 61.7 Å². The summed E-state index contributed by atoms with van der Waals surface area (Å²) in [6.07, 6.45) is 0. The first kappa shape index (κ1) is 34.7. The number of aromatic nitrogens is 1. The topological polar surface area (TPSA) is 67.8 Å². The van der Waals surface area contributed by atoms with Gasteiger partial charge in [-0.05, 0) is 112 Å². The maximum Gasteiger partial charge on any atom is 0.139 e. The molecular weight excluding hydrogens is 747 g/mol. The van der Waals surface area contributed by atoms with E-state index in [0.717, 1.165) is 78.0 Å². The third-order valence-electron chi connectivity index (χ3n) is 11.9. The molecule has 12 rings (SSSR count). The minimum Gasteiger partial charge on any atom is -0.456 e. The van der Waals surface area contributed by atoms with Crippen LogP contribution in [0.1, 0.15) is 5.56 Å². The van der Waals surface area contributed by atoms with E-state index >= 15 is 0 Å². The number of fused-ring (bicyclic) bond motifs is 5. The first-order valence-corrected chi connectivity index (χ1v) is 20.5. The van der Waals surface area contributed by atoms with Crippen LogP contribution >= 0.6 is 0 Å². The molecule has 0 spiro atoms. The second-order valence-electron chi connectivity index (χ2n) is 15.6. The Morgan fingerprint density at radius 3 is 1.87 bits per heavy atom. The van der Waals surface area contributed by atoms with E-state index in [1.807, 2.05) is 59.7 Å². The van der Waals surface area contributed by atoms with E-state index in [9.17, 15) is 0 Å². The number of anilines is 2. The average Bonchev–Trinajstić information content (AvgIpc) is 3.66. The number of nitrogens with two attached hydrogens (primary N) is 1. The van der Waals surface area contributed by atoms with E-state index in [-0.39, 0.29) is 0 Å². The summed E-state index contributed by atoms with van der Waals surface area (Å²) in [5.74, 6) is 1.58. The van der Waals surface area contributed by atoms with Crippen molar-refractivity contribution in [2.24, 2.45) is 5.10 Å². The number of hydrogen-bond acceptors (Lipinski definition) is 5. The van der Waals surface area contributed by atoms with Crippen LogP contribution in [0, 0.1) is 0 Å². The zero-order valence-corrected chi connectivity index (χ0v) is 33.0. The molecule has 0 unspecified atom stereocenters. The molecule has 0 radical (unpaired) electrons. The first-order chi connectivity index (χ1) is 30.1. The molecule has 2 aliphatic rings. The highest BCUT2D eigenvalue weighted by Crippen LogP contribution is 2.42. The summed E-state index contributed by atoms with van der Waals surface area (Å²) in [4.78, 5) is 0. The lowest BCUT2D eigenvalue weighted by atomic mass is 9.95. The van der Waals surface area contributed by atoms with Crippen molar-refractivity contribution in [1.29, 1.82) is 0 Å². The molecule has 0 fully saturated rings. The summed E-state index contributed by atoms with van der Waals surface area (Å²) in [5.41, 5.74) is 26.1. The number of hydrogen-bond donors (Lipinski definition) is 2. The molecule has 10 aromatic rings. The number of hydrazine groups is 1. The predicted molar refractivity (Wildman–Crippen MR) is 249 cm³/mol. The quantitative estimate of drug-likeness (QED) is 0.165. The molecule has 6 nitrogen and oxygen atoms in total. The molecule has 0 atom stereocenters. The molecular formula is C55H37N5O. The molecule has 0 bridgehead atoms. The molecule has 6 heteroatoms. The Bertz CT molecular complexity index is 3440. The Hall–Kier alpha value is -8.35. The van der Waals surface area contributed by atoms with E-state index < -0.39 is 0 Å². The van der Waals surface area contributed by atoms with Crippen LogP contribution in [0.15, 0.2) is 211 Å². The third kappa shape index (κ3) is 5.76. The summed E-state index contributed by atoms with van der Waals surface area (Å²) in [6.45, 7) is 0. The van der Waals surface area contributed by atoms with Crippen molar-refractivity contribution in [2.75, 3.05) is 10.9 Å². The van der Waals surface area contributed by atoms with E-state index in [0.29, 0.717) is 5.69 Å². The summed E-state index contributed by atoms with van der Waals surface area (Å²) in [5, 5.41) is 11.2. The van der Waals surface area contributed by atoms with Crippen molar-refractivity contribution in [1.82, 2.24) is 9.99 Å². The molecule has 1 aromatic heterocycles. The van der Waals surface area contributed by atoms with Crippen molar-refractivity contribution in [2.45, 2.75) is 0 Å². The van der Waals surface area contributed by atoms with Crippen molar-refractivity contribution < 1.29 is 4.74 Å². The molecule has 61 heavy (non-hydrogen) atoms. The predicted octanol–water partition coefficient (Wildman–Crippen LogP) is 11.9. The van der Waals surface area contributed by atoms with Crippen LogP contribution in [0.25, 0.3) is 77.7 Å². The maximum absolute atomic E-state index is 6.76.